The van der Waals surface area contributed by atoms with Gasteiger partial charge in [0.25, 0.3) is 0 Å². The molecule has 1 unspecified atom stereocenters. The smallest absolute Gasteiger partial charge is 0.409 e. The maximum Gasteiger partial charge on any atom is 0.409 e. The standard InChI is InChI=1S/C19H26N4O4/c1-2-27-19(26)22-9-6-15(7-10-22)21-18(25)14-11-17(24)23(12-14)13-16-5-3-4-8-20-16/h3-5,8,14-15H,2,6-7,9-13H2,1H3,(H,21,25). The van der Waals surface area contributed by atoms with Crippen LogP contribution in [0.2, 0.25) is 0 Å². The lowest BCUT2D eigenvalue weighted by Gasteiger charge is -2.32. The Hall–Kier alpha value is -2.64. The van der Waals surface area contributed by atoms with Gasteiger partial charge in [-0.1, -0.05) is 6.07 Å². The van der Waals surface area contributed by atoms with Crippen molar-refractivity contribution in [2.24, 2.45) is 5.92 Å². The summed E-state index contributed by atoms with van der Waals surface area (Å²) in [5.74, 6) is -0.427. The molecule has 27 heavy (non-hydrogen) atoms. The van der Waals surface area contributed by atoms with E-state index in [-0.39, 0.29) is 36.3 Å². The molecule has 0 aromatic carbocycles. The summed E-state index contributed by atoms with van der Waals surface area (Å²) >= 11 is 0. The van der Waals surface area contributed by atoms with Crippen molar-refractivity contribution in [3.63, 3.8) is 0 Å². The third-order valence-corrected chi connectivity index (χ3v) is 5.03. The van der Waals surface area contributed by atoms with E-state index in [0.29, 0.717) is 45.6 Å². The van der Waals surface area contributed by atoms with Gasteiger partial charge in [0, 0.05) is 38.3 Å². The molecule has 0 spiro atoms. The van der Waals surface area contributed by atoms with Crippen molar-refractivity contribution in [2.75, 3.05) is 26.2 Å². The van der Waals surface area contributed by atoms with Gasteiger partial charge in [-0.05, 0) is 31.9 Å². The van der Waals surface area contributed by atoms with E-state index in [0.717, 1.165) is 5.69 Å². The fourth-order valence-corrected chi connectivity index (χ4v) is 3.53. The van der Waals surface area contributed by atoms with E-state index in [1.54, 1.807) is 22.9 Å². The zero-order valence-electron chi connectivity index (χ0n) is 15.6. The zero-order chi connectivity index (χ0) is 19.2. The first kappa shape index (κ1) is 19.1. The van der Waals surface area contributed by atoms with E-state index in [4.69, 9.17) is 4.74 Å². The van der Waals surface area contributed by atoms with Crippen LogP contribution in [0.25, 0.3) is 0 Å². The number of pyridine rings is 1. The van der Waals surface area contributed by atoms with Crippen molar-refractivity contribution in [2.45, 2.75) is 38.8 Å². The normalized spacial score (nSPS) is 20.6. The van der Waals surface area contributed by atoms with Crippen LogP contribution in [-0.2, 0) is 20.9 Å². The maximum absolute atomic E-state index is 12.6. The van der Waals surface area contributed by atoms with Crippen molar-refractivity contribution < 1.29 is 19.1 Å². The minimum absolute atomic E-state index is 0.0158. The SMILES string of the molecule is CCOC(=O)N1CCC(NC(=O)C2CC(=O)N(Cc3ccccn3)C2)CC1. The number of nitrogens with one attached hydrogen (secondary N) is 1. The summed E-state index contributed by atoms with van der Waals surface area (Å²) in [6.45, 7) is 4.13. The molecule has 1 aromatic heterocycles. The number of hydrogen-bond acceptors (Lipinski definition) is 5. The van der Waals surface area contributed by atoms with Gasteiger partial charge in [0.05, 0.1) is 24.8 Å². The molecule has 0 saturated carbocycles. The highest BCUT2D eigenvalue weighted by Gasteiger charge is 2.35. The van der Waals surface area contributed by atoms with Gasteiger partial charge in [-0.25, -0.2) is 4.79 Å². The molecule has 146 valence electrons. The van der Waals surface area contributed by atoms with Crippen molar-refractivity contribution in [1.82, 2.24) is 20.1 Å². The minimum Gasteiger partial charge on any atom is -0.450 e. The first-order valence-corrected chi connectivity index (χ1v) is 9.46. The lowest BCUT2D eigenvalue weighted by Crippen LogP contribution is -2.48. The summed E-state index contributed by atoms with van der Waals surface area (Å²) in [6, 6.07) is 5.62. The molecule has 1 atom stereocenters. The van der Waals surface area contributed by atoms with Crippen LogP contribution in [0.3, 0.4) is 0 Å². The van der Waals surface area contributed by atoms with E-state index >= 15 is 0 Å². The Kier molecular flexibility index (Phi) is 6.26. The second-order valence-corrected chi connectivity index (χ2v) is 6.97. The molecule has 2 saturated heterocycles. The molecule has 2 aliphatic rings. The number of amides is 3. The highest BCUT2D eigenvalue weighted by Crippen LogP contribution is 2.21. The van der Waals surface area contributed by atoms with Crippen LogP contribution in [0.4, 0.5) is 4.79 Å². The largest absolute Gasteiger partial charge is 0.450 e. The number of likely N-dealkylation sites (tertiary alicyclic amines) is 2. The minimum atomic E-state index is -0.329. The highest BCUT2D eigenvalue weighted by atomic mass is 16.6. The number of ether oxygens (including phenoxy) is 1. The van der Waals surface area contributed by atoms with Crippen molar-refractivity contribution in [1.29, 1.82) is 0 Å². The van der Waals surface area contributed by atoms with E-state index in [1.807, 2.05) is 18.2 Å². The van der Waals surface area contributed by atoms with Gasteiger partial charge in [-0.3, -0.25) is 14.6 Å². The summed E-state index contributed by atoms with van der Waals surface area (Å²) in [6.07, 6.45) is 3.03. The van der Waals surface area contributed by atoms with Gasteiger partial charge in [0.1, 0.15) is 0 Å². The Balaban J connectivity index is 1.45. The average Bonchev–Trinajstić information content (AvgIpc) is 3.04. The quantitative estimate of drug-likeness (QED) is 0.835. The van der Waals surface area contributed by atoms with Crippen LogP contribution >= 0.6 is 0 Å². The summed E-state index contributed by atoms with van der Waals surface area (Å²) in [4.78, 5) is 44.1. The molecule has 1 N–H and O–H groups in total. The fourth-order valence-electron chi connectivity index (χ4n) is 3.53. The zero-order valence-corrected chi connectivity index (χ0v) is 15.6. The van der Waals surface area contributed by atoms with E-state index < -0.39 is 0 Å². The van der Waals surface area contributed by atoms with Crippen molar-refractivity contribution in [3.8, 4) is 0 Å². The fraction of sp³-hybridized carbons (Fsp3) is 0.579. The van der Waals surface area contributed by atoms with Gasteiger partial charge < -0.3 is 19.9 Å². The summed E-state index contributed by atoms with van der Waals surface area (Å²) in [5, 5.41) is 3.05. The average molecular weight is 374 g/mol. The number of nitrogens with zero attached hydrogens (tertiary/aromatic N) is 3. The number of carbonyl (C=O) groups excluding carboxylic acids is 3. The second kappa shape index (κ2) is 8.83. The summed E-state index contributed by atoms with van der Waals surface area (Å²) in [7, 11) is 0. The Morgan fingerprint density at radius 1 is 1.30 bits per heavy atom. The third-order valence-electron chi connectivity index (χ3n) is 5.03. The van der Waals surface area contributed by atoms with Crippen LogP contribution in [0.15, 0.2) is 24.4 Å². The Morgan fingerprint density at radius 3 is 2.74 bits per heavy atom. The van der Waals surface area contributed by atoms with E-state index in [2.05, 4.69) is 10.3 Å². The molecule has 8 nitrogen and oxygen atoms in total. The number of aromatic nitrogens is 1. The molecular formula is C19H26N4O4. The Morgan fingerprint density at radius 2 is 2.07 bits per heavy atom. The summed E-state index contributed by atoms with van der Waals surface area (Å²) in [5.41, 5.74) is 0.818. The van der Waals surface area contributed by atoms with Crippen LogP contribution in [0.1, 0.15) is 31.9 Å². The molecule has 3 heterocycles. The van der Waals surface area contributed by atoms with Crippen LogP contribution < -0.4 is 5.32 Å². The maximum atomic E-state index is 12.6. The molecule has 0 bridgehead atoms. The van der Waals surface area contributed by atoms with Gasteiger partial charge in [0.2, 0.25) is 11.8 Å². The van der Waals surface area contributed by atoms with Crippen molar-refractivity contribution in [3.05, 3.63) is 30.1 Å². The van der Waals surface area contributed by atoms with Crippen LogP contribution in [0.5, 0.6) is 0 Å². The molecule has 2 aliphatic heterocycles. The molecule has 8 heteroatoms. The van der Waals surface area contributed by atoms with Crippen molar-refractivity contribution >= 4 is 17.9 Å². The number of carbonyl (C=O) groups is 3. The molecule has 0 radical (unpaired) electrons. The first-order chi connectivity index (χ1) is 13.1. The van der Waals surface area contributed by atoms with Gasteiger partial charge in [-0.2, -0.15) is 0 Å². The summed E-state index contributed by atoms with van der Waals surface area (Å²) < 4.78 is 5.00. The Bertz CT molecular complexity index is 674. The molecule has 0 aliphatic carbocycles. The van der Waals surface area contributed by atoms with Gasteiger partial charge in [-0.15, -0.1) is 0 Å². The Labute approximate surface area is 158 Å². The highest BCUT2D eigenvalue weighted by molar-refractivity contribution is 5.89. The first-order valence-electron chi connectivity index (χ1n) is 9.46. The second-order valence-electron chi connectivity index (χ2n) is 6.97. The molecule has 2 fully saturated rings. The number of hydrogen-bond donors (Lipinski definition) is 1. The lowest BCUT2D eigenvalue weighted by atomic mass is 10.0. The van der Waals surface area contributed by atoms with Crippen LogP contribution in [0, 0.1) is 5.92 Å². The van der Waals surface area contributed by atoms with Gasteiger partial charge in [0.15, 0.2) is 0 Å². The molecular weight excluding hydrogens is 348 g/mol. The number of piperidine rings is 1. The molecule has 3 rings (SSSR count). The van der Waals surface area contributed by atoms with E-state index in [9.17, 15) is 14.4 Å². The topological polar surface area (TPSA) is 91.8 Å². The molecule has 1 aromatic rings. The van der Waals surface area contributed by atoms with Gasteiger partial charge >= 0.3 is 6.09 Å². The number of rotatable bonds is 5. The predicted octanol–water partition coefficient (Wildman–Crippen LogP) is 1.17. The lowest BCUT2D eigenvalue weighted by molar-refractivity contribution is -0.129. The third kappa shape index (κ3) is 4.96. The molecule has 3 amide bonds. The monoisotopic (exact) mass is 374 g/mol. The van der Waals surface area contributed by atoms with Crippen LogP contribution in [-0.4, -0.2) is 65.0 Å². The van der Waals surface area contributed by atoms with E-state index in [1.165, 1.54) is 0 Å². The predicted molar refractivity (Wildman–Crippen MR) is 97.5 cm³/mol.